The quantitative estimate of drug-likeness (QED) is 0.798. The summed E-state index contributed by atoms with van der Waals surface area (Å²) in [6.07, 6.45) is 3.85. The van der Waals surface area contributed by atoms with E-state index >= 15 is 0 Å². The van der Waals surface area contributed by atoms with Gasteiger partial charge < -0.3 is 11.5 Å². The fourth-order valence-corrected chi connectivity index (χ4v) is 2.53. The SMILES string of the molecule is Nc1ccc(C(N)C2CCC2)c(Br)c1. The van der Waals surface area contributed by atoms with Crippen LogP contribution in [0.5, 0.6) is 0 Å². The van der Waals surface area contributed by atoms with Crippen LogP contribution in [0, 0.1) is 5.92 Å². The summed E-state index contributed by atoms with van der Waals surface area (Å²) in [5.74, 6) is 0.662. The number of hydrogen-bond acceptors (Lipinski definition) is 2. The fraction of sp³-hybridized carbons (Fsp3) is 0.455. The van der Waals surface area contributed by atoms with E-state index in [0.29, 0.717) is 5.92 Å². The van der Waals surface area contributed by atoms with Gasteiger partial charge in [0, 0.05) is 16.2 Å². The molecule has 3 heteroatoms. The van der Waals surface area contributed by atoms with E-state index in [1.807, 2.05) is 18.2 Å². The van der Waals surface area contributed by atoms with Gasteiger partial charge >= 0.3 is 0 Å². The molecule has 1 fully saturated rings. The predicted molar refractivity (Wildman–Crippen MR) is 62.8 cm³/mol. The zero-order chi connectivity index (χ0) is 10.1. The van der Waals surface area contributed by atoms with Gasteiger partial charge in [0.25, 0.3) is 0 Å². The molecule has 1 unspecified atom stereocenters. The van der Waals surface area contributed by atoms with E-state index in [4.69, 9.17) is 11.5 Å². The Hall–Kier alpha value is -0.540. The van der Waals surface area contributed by atoms with Gasteiger partial charge in [-0.15, -0.1) is 0 Å². The summed E-state index contributed by atoms with van der Waals surface area (Å²) in [6, 6.07) is 6.04. The number of anilines is 1. The van der Waals surface area contributed by atoms with E-state index in [9.17, 15) is 0 Å². The maximum Gasteiger partial charge on any atom is 0.0334 e. The van der Waals surface area contributed by atoms with Crippen LogP contribution in [0.2, 0.25) is 0 Å². The first-order valence-electron chi connectivity index (χ1n) is 4.99. The smallest absolute Gasteiger partial charge is 0.0334 e. The molecule has 2 rings (SSSR count). The minimum absolute atomic E-state index is 0.165. The zero-order valence-electron chi connectivity index (χ0n) is 8.04. The summed E-state index contributed by atoms with van der Waals surface area (Å²) in [7, 11) is 0. The van der Waals surface area contributed by atoms with E-state index in [1.165, 1.54) is 24.8 Å². The molecule has 14 heavy (non-hydrogen) atoms. The molecule has 1 aromatic rings. The number of rotatable bonds is 2. The molecule has 0 aromatic heterocycles. The summed E-state index contributed by atoms with van der Waals surface area (Å²) >= 11 is 3.51. The van der Waals surface area contributed by atoms with Gasteiger partial charge in [-0.2, -0.15) is 0 Å². The normalized spacial score (nSPS) is 19.0. The second-order valence-corrected chi connectivity index (χ2v) is 4.85. The first-order chi connectivity index (χ1) is 6.68. The molecule has 0 spiro atoms. The van der Waals surface area contributed by atoms with Gasteiger partial charge in [-0.05, 0) is 36.5 Å². The summed E-state index contributed by atoms with van der Waals surface area (Å²) in [6.45, 7) is 0. The molecule has 1 atom stereocenters. The van der Waals surface area contributed by atoms with E-state index in [-0.39, 0.29) is 6.04 Å². The number of nitrogen functional groups attached to an aromatic ring is 1. The Kier molecular flexibility index (Phi) is 2.79. The minimum Gasteiger partial charge on any atom is -0.399 e. The molecule has 0 heterocycles. The molecule has 76 valence electrons. The molecule has 1 aliphatic rings. The van der Waals surface area contributed by atoms with Crippen LogP contribution >= 0.6 is 15.9 Å². The van der Waals surface area contributed by atoms with Crippen LogP contribution in [0.3, 0.4) is 0 Å². The van der Waals surface area contributed by atoms with Gasteiger partial charge in [0.05, 0.1) is 0 Å². The van der Waals surface area contributed by atoms with Crippen LogP contribution in [0.15, 0.2) is 22.7 Å². The Bertz CT molecular complexity index is 334. The van der Waals surface area contributed by atoms with Crippen molar-refractivity contribution in [3.63, 3.8) is 0 Å². The Morgan fingerprint density at radius 3 is 2.57 bits per heavy atom. The molecule has 4 N–H and O–H groups in total. The van der Waals surface area contributed by atoms with Gasteiger partial charge in [0.15, 0.2) is 0 Å². The Balaban J connectivity index is 2.22. The average Bonchev–Trinajstić information content (AvgIpc) is 2.00. The van der Waals surface area contributed by atoms with Crippen molar-refractivity contribution in [2.45, 2.75) is 25.3 Å². The lowest BCUT2D eigenvalue weighted by atomic mass is 9.77. The average molecular weight is 255 g/mol. The van der Waals surface area contributed by atoms with E-state index in [1.54, 1.807) is 0 Å². The van der Waals surface area contributed by atoms with Crippen molar-refractivity contribution in [1.82, 2.24) is 0 Å². The van der Waals surface area contributed by atoms with E-state index in [0.717, 1.165) is 10.2 Å². The Morgan fingerprint density at radius 2 is 2.07 bits per heavy atom. The van der Waals surface area contributed by atoms with Crippen molar-refractivity contribution in [3.8, 4) is 0 Å². The van der Waals surface area contributed by atoms with Gasteiger partial charge in [-0.25, -0.2) is 0 Å². The highest BCUT2D eigenvalue weighted by atomic mass is 79.9. The maximum absolute atomic E-state index is 6.18. The second-order valence-electron chi connectivity index (χ2n) is 4.00. The topological polar surface area (TPSA) is 52.0 Å². The third-order valence-corrected chi connectivity index (χ3v) is 3.73. The highest BCUT2D eigenvalue weighted by Crippen LogP contribution is 2.38. The van der Waals surface area contributed by atoms with Crippen molar-refractivity contribution < 1.29 is 0 Å². The van der Waals surface area contributed by atoms with Crippen LogP contribution in [0.25, 0.3) is 0 Å². The molecule has 1 saturated carbocycles. The van der Waals surface area contributed by atoms with Crippen molar-refractivity contribution >= 4 is 21.6 Å². The lowest BCUT2D eigenvalue weighted by molar-refractivity contribution is 0.264. The van der Waals surface area contributed by atoms with Gasteiger partial charge in [-0.3, -0.25) is 0 Å². The first-order valence-corrected chi connectivity index (χ1v) is 5.78. The fourth-order valence-electron chi connectivity index (χ4n) is 1.87. The third-order valence-electron chi connectivity index (χ3n) is 3.04. The molecule has 0 aliphatic heterocycles. The monoisotopic (exact) mass is 254 g/mol. The lowest BCUT2D eigenvalue weighted by Crippen LogP contribution is -2.27. The summed E-state index contributed by atoms with van der Waals surface area (Å²) in [5, 5.41) is 0. The highest BCUT2D eigenvalue weighted by Gasteiger charge is 2.26. The van der Waals surface area contributed by atoms with Crippen molar-refractivity contribution in [3.05, 3.63) is 28.2 Å². The van der Waals surface area contributed by atoms with Crippen LogP contribution in [0.4, 0.5) is 5.69 Å². The Morgan fingerprint density at radius 1 is 1.36 bits per heavy atom. The van der Waals surface area contributed by atoms with Crippen LogP contribution in [-0.2, 0) is 0 Å². The maximum atomic E-state index is 6.18. The van der Waals surface area contributed by atoms with Crippen molar-refractivity contribution in [2.75, 3.05) is 5.73 Å². The summed E-state index contributed by atoms with van der Waals surface area (Å²) in [5.41, 5.74) is 13.8. The highest BCUT2D eigenvalue weighted by molar-refractivity contribution is 9.10. The molecular formula is C11H15BrN2. The molecule has 0 bridgehead atoms. The molecule has 1 aliphatic carbocycles. The van der Waals surface area contributed by atoms with Gasteiger partial charge in [0.1, 0.15) is 0 Å². The first kappa shape index (κ1) is 9.99. The van der Waals surface area contributed by atoms with Crippen LogP contribution in [0.1, 0.15) is 30.9 Å². The Labute approximate surface area is 92.8 Å². The molecule has 1 aromatic carbocycles. The van der Waals surface area contributed by atoms with Gasteiger partial charge in [0.2, 0.25) is 0 Å². The standard InChI is InChI=1S/C11H15BrN2/c12-10-6-8(13)4-5-9(10)11(14)7-2-1-3-7/h4-7,11H,1-3,13-14H2. The number of benzene rings is 1. The van der Waals surface area contributed by atoms with Crippen LogP contribution < -0.4 is 11.5 Å². The molecular weight excluding hydrogens is 240 g/mol. The third kappa shape index (κ3) is 1.79. The van der Waals surface area contributed by atoms with Gasteiger partial charge in [-0.1, -0.05) is 28.4 Å². The number of nitrogens with two attached hydrogens (primary N) is 2. The predicted octanol–water partition coefficient (Wildman–Crippen LogP) is 2.83. The summed E-state index contributed by atoms with van der Waals surface area (Å²) in [4.78, 5) is 0. The van der Waals surface area contributed by atoms with E-state index in [2.05, 4.69) is 15.9 Å². The number of hydrogen-bond donors (Lipinski definition) is 2. The summed E-state index contributed by atoms with van der Waals surface area (Å²) < 4.78 is 1.04. The zero-order valence-corrected chi connectivity index (χ0v) is 9.63. The lowest BCUT2D eigenvalue weighted by Gasteiger charge is -2.32. The van der Waals surface area contributed by atoms with Crippen molar-refractivity contribution in [1.29, 1.82) is 0 Å². The molecule has 0 saturated heterocycles. The molecule has 0 amide bonds. The number of halogens is 1. The molecule has 0 radical (unpaired) electrons. The van der Waals surface area contributed by atoms with Crippen molar-refractivity contribution in [2.24, 2.45) is 11.7 Å². The van der Waals surface area contributed by atoms with Crippen LogP contribution in [-0.4, -0.2) is 0 Å². The minimum atomic E-state index is 0.165. The van der Waals surface area contributed by atoms with E-state index < -0.39 is 0 Å². The molecule has 2 nitrogen and oxygen atoms in total. The second kappa shape index (κ2) is 3.91. The largest absolute Gasteiger partial charge is 0.399 e.